The van der Waals surface area contributed by atoms with Crippen LogP contribution in [-0.4, -0.2) is 40.4 Å². The first-order chi connectivity index (χ1) is 11.0. The molecule has 0 bridgehead atoms. The van der Waals surface area contributed by atoms with Gasteiger partial charge in [-0.15, -0.1) is 0 Å². The van der Waals surface area contributed by atoms with E-state index in [0.717, 1.165) is 5.56 Å². The number of carbonyl (C=O) groups excluding carboxylic acids is 1. The Hall–Kier alpha value is -2.51. The Morgan fingerprint density at radius 2 is 2.13 bits per heavy atom. The summed E-state index contributed by atoms with van der Waals surface area (Å²) < 4.78 is 13.9. The average Bonchev–Trinajstić information content (AvgIpc) is 2.55. The van der Waals surface area contributed by atoms with E-state index in [-0.39, 0.29) is 17.8 Å². The second kappa shape index (κ2) is 7.66. The smallest absolute Gasteiger partial charge is 0.253 e. The van der Waals surface area contributed by atoms with Crippen molar-refractivity contribution in [2.24, 2.45) is 0 Å². The first-order valence-electron chi connectivity index (χ1n) is 7.05. The number of anilines is 2. The molecule has 2 aromatic rings. The van der Waals surface area contributed by atoms with E-state index in [4.69, 9.17) is 5.11 Å². The first-order valence-corrected chi connectivity index (χ1v) is 7.05. The lowest BCUT2D eigenvalue weighted by Gasteiger charge is -2.13. The molecule has 1 heterocycles. The van der Waals surface area contributed by atoms with Crippen molar-refractivity contribution < 1.29 is 19.4 Å². The number of hydrogen-bond acceptors (Lipinski definition) is 5. The van der Waals surface area contributed by atoms with Gasteiger partial charge in [-0.3, -0.25) is 9.78 Å². The molecular formula is C16H18FN3O3. The van der Waals surface area contributed by atoms with Crippen LogP contribution in [0.25, 0.3) is 0 Å². The van der Waals surface area contributed by atoms with Crippen LogP contribution in [-0.2, 0) is 0 Å². The maximum Gasteiger partial charge on any atom is 0.253 e. The van der Waals surface area contributed by atoms with Gasteiger partial charge in [-0.05, 0) is 30.7 Å². The van der Waals surface area contributed by atoms with Crippen LogP contribution in [0.3, 0.4) is 0 Å². The van der Waals surface area contributed by atoms with Crippen molar-refractivity contribution in [2.75, 3.05) is 18.5 Å². The highest BCUT2D eigenvalue weighted by Gasteiger charge is 2.14. The fourth-order valence-electron chi connectivity index (χ4n) is 1.93. The molecule has 1 aromatic heterocycles. The van der Waals surface area contributed by atoms with Crippen molar-refractivity contribution in [3.63, 3.8) is 0 Å². The van der Waals surface area contributed by atoms with Gasteiger partial charge in [-0.2, -0.15) is 0 Å². The number of aliphatic hydroxyl groups is 2. The maximum atomic E-state index is 13.9. The van der Waals surface area contributed by atoms with Crippen molar-refractivity contribution in [3.05, 3.63) is 53.6 Å². The van der Waals surface area contributed by atoms with E-state index >= 15 is 0 Å². The molecule has 7 heteroatoms. The van der Waals surface area contributed by atoms with Gasteiger partial charge < -0.3 is 20.8 Å². The van der Waals surface area contributed by atoms with Gasteiger partial charge in [0.15, 0.2) is 0 Å². The van der Waals surface area contributed by atoms with Gasteiger partial charge >= 0.3 is 0 Å². The molecule has 0 saturated carbocycles. The number of hydrogen-bond donors (Lipinski definition) is 4. The molecule has 0 aliphatic rings. The van der Waals surface area contributed by atoms with E-state index in [9.17, 15) is 14.3 Å². The summed E-state index contributed by atoms with van der Waals surface area (Å²) in [7, 11) is 0. The number of carbonyl (C=O) groups is 1. The molecule has 0 aliphatic heterocycles. The van der Waals surface area contributed by atoms with E-state index in [0.29, 0.717) is 5.69 Å². The number of amides is 1. The van der Waals surface area contributed by atoms with Gasteiger partial charge in [0.25, 0.3) is 5.91 Å². The number of benzene rings is 1. The Balaban J connectivity index is 2.18. The largest absolute Gasteiger partial charge is 0.394 e. The van der Waals surface area contributed by atoms with E-state index < -0.39 is 24.4 Å². The summed E-state index contributed by atoms with van der Waals surface area (Å²) in [6, 6.07) is 6.19. The zero-order chi connectivity index (χ0) is 16.8. The summed E-state index contributed by atoms with van der Waals surface area (Å²) >= 11 is 0. The number of rotatable bonds is 6. The Kier molecular flexibility index (Phi) is 5.61. The van der Waals surface area contributed by atoms with Crippen LogP contribution in [0.1, 0.15) is 15.9 Å². The van der Waals surface area contributed by atoms with E-state index in [1.807, 2.05) is 0 Å². The summed E-state index contributed by atoms with van der Waals surface area (Å²) in [5.41, 5.74) is 1.61. The Morgan fingerprint density at radius 3 is 2.83 bits per heavy atom. The molecule has 6 nitrogen and oxygen atoms in total. The topological polar surface area (TPSA) is 94.5 Å². The third-order valence-corrected chi connectivity index (χ3v) is 3.17. The second-order valence-corrected chi connectivity index (χ2v) is 5.08. The fourth-order valence-corrected chi connectivity index (χ4v) is 1.93. The lowest BCUT2D eigenvalue weighted by Crippen LogP contribution is -2.34. The van der Waals surface area contributed by atoms with E-state index in [1.165, 1.54) is 24.5 Å². The molecule has 1 amide bonds. The molecule has 1 atom stereocenters. The number of halogens is 1. The van der Waals surface area contributed by atoms with Crippen molar-refractivity contribution in [1.82, 2.24) is 10.3 Å². The van der Waals surface area contributed by atoms with Crippen LogP contribution in [0, 0.1) is 12.7 Å². The third-order valence-electron chi connectivity index (χ3n) is 3.17. The molecule has 23 heavy (non-hydrogen) atoms. The maximum absolute atomic E-state index is 13.9. The van der Waals surface area contributed by atoms with Gasteiger partial charge in [-0.1, -0.05) is 6.07 Å². The fraction of sp³-hybridized carbons (Fsp3) is 0.250. The number of nitrogens with zero attached hydrogens (tertiary/aromatic N) is 1. The van der Waals surface area contributed by atoms with Gasteiger partial charge in [0.1, 0.15) is 5.82 Å². The number of pyridine rings is 1. The van der Waals surface area contributed by atoms with E-state index in [1.54, 1.807) is 19.1 Å². The molecule has 0 aliphatic carbocycles. The highest BCUT2D eigenvalue weighted by molar-refractivity contribution is 6.00. The lowest BCUT2D eigenvalue weighted by atomic mass is 10.1. The molecule has 4 N–H and O–H groups in total. The van der Waals surface area contributed by atoms with Crippen LogP contribution < -0.4 is 10.6 Å². The molecule has 1 aromatic carbocycles. The first kappa shape index (κ1) is 16.9. The van der Waals surface area contributed by atoms with Crippen LogP contribution >= 0.6 is 0 Å². The SMILES string of the molecule is Cc1ccc(Nc2cnccc2C(=O)NC[C@H](O)CO)c(F)c1. The summed E-state index contributed by atoms with van der Waals surface area (Å²) in [5, 5.41) is 23.4. The molecule has 0 radical (unpaired) electrons. The van der Waals surface area contributed by atoms with Crippen LogP contribution in [0.2, 0.25) is 0 Å². The molecule has 0 unspecified atom stereocenters. The minimum atomic E-state index is -1.04. The molecule has 2 rings (SSSR count). The summed E-state index contributed by atoms with van der Waals surface area (Å²) in [6.45, 7) is 1.24. The van der Waals surface area contributed by atoms with Crippen LogP contribution in [0.4, 0.5) is 15.8 Å². The highest BCUT2D eigenvalue weighted by Crippen LogP contribution is 2.23. The predicted molar refractivity (Wildman–Crippen MR) is 84.1 cm³/mol. The number of nitrogens with one attached hydrogen (secondary N) is 2. The zero-order valence-electron chi connectivity index (χ0n) is 12.6. The Labute approximate surface area is 133 Å². The molecule has 0 fully saturated rings. The standard InChI is InChI=1S/C16H18FN3O3/c1-10-2-3-14(13(17)6-10)20-15-8-18-5-4-12(15)16(23)19-7-11(22)9-21/h2-6,8,11,20-22H,7,9H2,1H3,(H,19,23)/t11-/m0/s1. The van der Waals surface area contributed by atoms with Gasteiger partial charge in [0.2, 0.25) is 0 Å². The molecule has 122 valence electrons. The normalized spacial score (nSPS) is 11.8. The molecular weight excluding hydrogens is 301 g/mol. The molecule has 0 spiro atoms. The minimum absolute atomic E-state index is 0.0873. The van der Waals surface area contributed by atoms with Crippen molar-refractivity contribution >= 4 is 17.3 Å². The van der Waals surface area contributed by atoms with Crippen molar-refractivity contribution in [1.29, 1.82) is 0 Å². The minimum Gasteiger partial charge on any atom is -0.394 e. The monoisotopic (exact) mass is 319 g/mol. The van der Waals surface area contributed by atoms with Crippen molar-refractivity contribution in [2.45, 2.75) is 13.0 Å². The van der Waals surface area contributed by atoms with Gasteiger partial charge in [-0.25, -0.2) is 4.39 Å². The van der Waals surface area contributed by atoms with Crippen molar-refractivity contribution in [3.8, 4) is 0 Å². The predicted octanol–water partition coefficient (Wildman–Crippen LogP) is 1.36. The molecule has 0 saturated heterocycles. The van der Waals surface area contributed by atoms with Crippen LogP contribution in [0.5, 0.6) is 0 Å². The zero-order valence-corrected chi connectivity index (χ0v) is 12.6. The second-order valence-electron chi connectivity index (χ2n) is 5.08. The van der Waals surface area contributed by atoms with Gasteiger partial charge in [0, 0.05) is 12.7 Å². The quantitative estimate of drug-likeness (QED) is 0.645. The highest BCUT2D eigenvalue weighted by atomic mass is 19.1. The number of aliphatic hydroxyl groups excluding tert-OH is 2. The average molecular weight is 319 g/mol. The number of aryl methyl sites for hydroxylation is 1. The van der Waals surface area contributed by atoms with Gasteiger partial charge in [0.05, 0.1) is 35.8 Å². The Morgan fingerprint density at radius 1 is 1.35 bits per heavy atom. The summed E-state index contributed by atoms with van der Waals surface area (Å²) in [6.07, 6.45) is 1.82. The van der Waals surface area contributed by atoms with E-state index in [2.05, 4.69) is 15.6 Å². The van der Waals surface area contributed by atoms with Crippen LogP contribution in [0.15, 0.2) is 36.7 Å². The lowest BCUT2D eigenvalue weighted by molar-refractivity contribution is 0.0802. The summed E-state index contributed by atoms with van der Waals surface area (Å²) in [4.78, 5) is 16.1. The summed E-state index contributed by atoms with van der Waals surface area (Å²) in [5.74, 6) is -0.897. The Bertz CT molecular complexity index is 694. The number of aromatic nitrogens is 1. The third kappa shape index (κ3) is 4.48.